The van der Waals surface area contributed by atoms with E-state index in [0.29, 0.717) is 41.7 Å². The summed E-state index contributed by atoms with van der Waals surface area (Å²) in [5.41, 5.74) is 8.53. The number of fused-ring (bicyclic) bond motifs is 1. The summed E-state index contributed by atoms with van der Waals surface area (Å²) >= 11 is 0. The monoisotopic (exact) mass is 284 g/mol. The van der Waals surface area contributed by atoms with Crippen LogP contribution in [0.25, 0.3) is 0 Å². The first kappa shape index (κ1) is 13.3. The maximum Gasteiger partial charge on any atom is 0.255 e. The van der Waals surface area contributed by atoms with E-state index in [1.165, 1.54) is 0 Å². The van der Waals surface area contributed by atoms with Crippen molar-refractivity contribution in [2.75, 3.05) is 24.3 Å². The van der Waals surface area contributed by atoms with Crippen LogP contribution >= 0.6 is 0 Å². The molecular formula is C16H16N2O3. The first-order valence-electron chi connectivity index (χ1n) is 6.70. The molecule has 1 aliphatic heterocycles. The molecule has 0 atom stereocenters. The van der Waals surface area contributed by atoms with Crippen molar-refractivity contribution < 1.29 is 14.3 Å². The molecule has 0 radical (unpaired) electrons. The van der Waals surface area contributed by atoms with Gasteiger partial charge in [-0.05, 0) is 42.8 Å². The highest BCUT2D eigenvalue weighted by molar-refractivity contribution is 6.05. The van der Waals surface area contributed by atoms with E-state index in [4.69, 9.17) is 15.2 Å². The lowest BCUT2D eigenvalue weighted by Crippen LogP contribution is -2.17. The summed E-state index contributed by atoms with van der Waals surface area (Å²) < 4.78 is 10.9. The Hall–Kier alpha value is -2.69. The van der Waals surface area contributed by atoms with E-state index in [1.54, 1.807) is 30.3 Å². The number of anilines is 2. The standard InChI is InChI=1S/C16H16N2O3/c1-10-2-4-12(17)9-13(10)18-16(19)11-3-5-14-15(8-11)21-7-6-20-14/h2-5,8-9H,6-7,17H2,1H3,(H,18,19). The largest absolute Gasteiger partial charge is 0.486 e. The number of carbonyl (C=O) groups is 1. The Labute approximate surface area is 122 Å². The minimum Gasteiger partial charge on any atom is -0.486 e. The van der Waals surface area contributed by atoms with Gasteiger partial charge in [0.2, 0.25) is 0 Å². The molecule has 0 bridgehead atoms. The molecule has 1 heterocycles. The summed E-state index contributed by atoms with van der Waals surface area (Å²) in [6, 6.07) is 10.6. The minimum atomic E-state index is -0.208. The van der Waals surface area contributed by atoms with Crippen LogP contribution in [0.15, 0.2) is 36.4 Å². The predicted octanol–water partition coefficient (Wildman–Crippen LogP) is 2.60. The van der Waals surface area contributed by atoms with Gasteiger partial charge in [-0.1, -0.05) is 6.07 Å². The molecule has 21 heavy (non-hydrogen) atoms. The maximum absolute atomic E-state index is 12.3. The zero-order chi connectivity index (χ0) is 14.8. The van der Waals surface area contributed by atoms with Gasteiger partial charge in [0.1, 0.15) is 13.2 Å². The zero-order valence-electron chi connectivity index (χ0n) is 11.7. The topological polar surface area (TPSA) is 73.6 Å². The fraction of sp³-hybridized carbons (Fsp3) is 0.188. The molecule has 5 heteroatoms. The third-order valence-corrected chi connectivity index (χ3v) is 3.31. The van der Waals surface area contributed by atoms with E-state index >= 15 is 0 Å². The zero-order valence-corrected chi connectivity index (χ0v) is 11.7. The van der Waals surface area contributed by atoms with Gasteiger partial charge < -0.3 is 20.5 Å². The molecule has 3 rings (SSSR count). The highest BCUT2D eigenvalue weighted by Gasteiger charge is 2.15. The van der Waals surface area contributed by atoms with Crippen LogP contribution in [-0.2, 0) is 0 Å². The van der Waals surface area contributed by atoms with Gasteiger partial charge in [-0.25, -0.2) is 0 Å². The number of benzene rings is 2. The van der Waals surface area contributed by atoms with Crippen LogP contribution in [0.5, 0.6) is 11.5 Å². The Balaban J connectivity index is 1.83. The normalized spacial score (nSPS) is 12.8. The Bertz CT molecular complexity index is 698. The minimum absolute atomic E-state index is 0.208. The number of hydrogen-bond acceptors (Lipinski definition) is 4. The van der Waals surface area contributed by atoms with Crippen LogP contribution in [0.3, 0.4) is 0 Å². The lowest BCUT2D eigenvalue weighted by molar-refractivity contribution is 0.102. The second kappa shape index (κ2) is 5.36. The molecule has 1 aliphatic rings. The van der Waals surface area contributed by atoms with Gasteiger partial charge in [0.25, 0.3) is 5.91 Å². The Kier molecular flexibility index (Phi) is 3.39. The van der Waals surface area contributed by atoms with Crippen LogP contribution in [0.2, 0.25) is 0 Å². The third-order valence-electron chi connectivity index (χ3n) is 3.31. The highest BCUT2D eigenvalue weighted by Crippen LogP contribution is 2.31. The van der Waals surface area contributed by atoms with Gasteiger partial charge in [-0.3, -0.25) is 4.79 Å². The average Bonchev–Trinajstić information content (AvgIpc) is 2.50. The Morgan fingerprint density at radius 3 is 2.67 bits per heavy atom. The van der Waals surface area contributed by atoms with Crippen molar-refractivity contribution in [1.82, 2.24) is 0 Å². The highest BCUT2D eigenvalue weighted by atomic mass is 16.6. The average molecular weight is 284 g/mol. The summed E-state index contributed by atoms with van der Waals surface area (Å²) in [4.78, 5) is 12.3. The van der Waals surface area contributed by atoms with Gasteiger partial charge in [0.05, 0.1) is 0 Å². The fourth-order valence-corrected chi connectivity index (χ4v) is 2.15. The Morgan fingerprint density at radius 2 is 1.86 bits per heavy atom. The molecular weight excluding hydrogens is 268 g/mol. The molecule has 0 spiro atoms. The van der Waals surface area contributed by atoms with Gasteiger partial charge in [0.15, 0.2) is 11.5 Å². The summed E-state index contributed by atoms with van der Waals surface area (Å²) in [6.07, 6.45) is 0. The number of aryl methyl sites for hydroxylation is 1. The number of nitrogens with one attached hydrogen (secondary N) is 1. The number of hydrogen-bond donors (Lipinski definition) is 2. The molecule has 108 valence electrons. The molecule has 2 aromatic carbocycles. The van der Waals surface area contributed by atoms with E-state index in [-0.39, 0.29) is 5.91 Å². The SMILES string of the molecule is Cc1ccc(N)cc1NC(=O)c1ccc2c(c1)OCCO2. The summed E-state index contributed by atoms with van der Waals surface area (Å²) in [7, 11) is 0. The third kappa shape index (κ3) is 2.76. The van der Waals surface area contributed by atoms with Crippen molar-refractivity contribution in [3.63, 3.8) is 0 Å². The van der Waals surface area contributed by atoms with Gasteiger partial charge in [0, 0.05) is 16.9 Å². The van der Waals surface area contributed by atoms with Gasteiger partial charge >= 0.3 is 0 Å². The van der Waals surface area contributed by atoms with Gasteiger partial charge in [-0.2, -0.15) is 0 Å². The van der Waals surface area contributed by atoms with Crippen LogP contribution in [0.4, 0.5) is 11.4 Å². The molecule has 2 aromatic rings. The van der Waals surface area contributed by atoms with E-state index in [9.17, 15) is 4.79 Å². The number of carbonyl (C=O) groups excluding carboxylic acids is 1. The molecule has 5 nitrogen and oxygen atoms in total. The lowest BCUT2D eigenvalue weighted by Gasteiger charge is -2.18. The quantitative estimate of drug-likeness (QED) is 0.831. The fourth-order valence-electron chi connectivity index (χ4n) is 2.15. The molecule has 0 saturated heterocycles. The molecule has 0 unspecified atom stereocenters. The second-order valence-electron chi connectivity index (χ2n) is 4.89. The van der Waals surface area contributed by atoms with E-state index in [0.717, 1.165) is 5.56 Å². The second-order valence-corrected chi connectivity index (χ2v) is 4.89. The maximum atomic E-state index is 12.3. The van der Waals surface area contributed by atoms with Crippen molar-refractivity contribution in [2.24, 2.45) is 0 Å². The van der Waals surface area contributed by atoms with Crippen molar-refractivity contribution in [3.8, 4) is 11.5 Å². The number of rotatable bonds is 2. The summed E-state index contributed by atoms with van der Waals surface area (Å²) in [5.74, 6) is 1.05. The molecule has 0 fully saturated rings. The van der Waals surface area contributed by atoms with Crippen molar-refractivity contribution >= 4 is 17.3 Å². The predicted molar refractivity (Wildman–Crippen MR) is 81.0 cm³/mol. The first-order chi connectivity index (χ1) is 10.1. The Morgan fingerprint density at radius 1 is 1.10 bits per heavy atom. The first-order valence-corrected chi connectivity index (χ1v) is 6.70. The number of nitrogen functional groups attached to an aromatic ring is 1. The number of amides is 1. The number of nitrogens with two attached hydrogens (primary N) is 1. The van der Waals surface area contributed by atoms with Crippen LogP contribution in [0, 0.1) is 6.92 Å². The molecule has 3 N–H and O–H groups in total. The summed E-state index contributed by atoms with van der Waals surface area (Å²) in [5, 5.41) is 2.86. The van der Waals surface area contributed by atoms with Crippen molar-refractivity contribution in [3.05, 3.63) is 47.5 Å². The van der Waals surface area contributed by atoms with Crippen molar-refractivity contribution in [1.29, 1.82) is 0 Å². The van der Waals surface area contributed by atoms with Crippen LogP contribution in [0.1, 0.15) is 15.9 Å². The molecule has 0 aromatic heterocycles. The van der Waals surface area contributed by atoms with E-state index in [2.05, 4.69) is 5.32 Å². The van der Waals surface area contributed by atoms with E-state index < -0.39 is 0 Å². The molecule has 0 saturated carbocycles. The van der Waals surface area contributed by atoms with Crippen LogP contribution < -0.4 is 20.5 Å². The smallest absolute Gasteiger partial charge is 0.255 e. The van der Waals surface area contributed by atoms with Crippen molar-refractivity contribution in [2.45, 2.75) is 6.92 Å². The molecule has 1 amide bonds. The summed E-state index contributed by atoms with van der Waals surface area (Å²) in [6.45, 7) is 2.94. The van der Waals surface area contributed by atoms with Crippen LogP contribution in [-0.4, -0.2) is 19.1 Å². The van der Waals surface area contributed by atoms with E-state index in [1.807, 2.05) is 13.0 Å². The van der Waals surface area contributed by atoms with Gasteiger partial charge in [-0.15, -0.1) is 0 Å². The number of ether oxygens (including phenoxy) is 2. The lowest BCUT2D eigenvalue weighted by atomic mass is 10.1. The molecule has 0 aliphatic carbocycles.